The zero-order valence-corrected chi connectivity index (χ0v) is 13.0. The second kappa shape index (κ2) is 8.71. The second-order valence-electron chi connectivity index (χ2n) is 4.53. The van der Waals surface area contributed by atoms with Gasteiger partial charge in [0.15, 0.2) is 11.5 Å². The number of benzene rings is 1. The number of carbonyl (C=O) groups is 2. The van der Waals surface area contributed by atoms with Crippen molar-refractivity contribution in [3.05, 3.63) is 29.5 Å². The standard InChI is InChI=1S/C16H21NO5/c1-4-8-22-14-7-6-12(10-15(14)21-5-2)9-13(16(19)20)17-11(3)18/h6-7,9-10H,4-5,8H2,1-3H3,(H,17,18)(H,19,20). The third kappa shape index (κ3) is 5.47. The highest BCUT2D eigenvalue weighted by Gasteiger charge is 2.11. The van der Waals surface area contributed by atoms with Crippen molar-refractivity contribution in [1.82, 2.24) is 5.32 Å². The van der Waals surface area contributed by atoms with E-state index in [2.05, 4.69) is 5.32 Å². The molecule has 0 unspecified atom stereocenters. The first kappa shape index (κ1) is 17.6. The van der Waals surface area contributed by atoms with Crippen molar-refractivity contribution in [2.75, 3.05) is 13.2 Å². The molecule has 0 atom stereocenters. The van der Waals surface area contributed by atoms with E-state index >= 15 is 0 Å². The van der Waals surface area contributed by atoms with E-state index in [-0.39, 0.29) is 5.70 Å². The summed E-state index contributed by atoms with van der Waals surface area (Å²) in [7, 11) is 0. The van der Waals surface area contributed by atoms with Crippen LogP contribution < -0.4 is 14.8 Å². The molecule has 120 valence electrons. The van der Waals surface area contributed by atoms with E-state index in [4.69, 9.17) is 14.6 Å². The van der Waals surface area contributed by atoms with Crippen molar-refractivity contribution in [2.24, 2.45) is 0 Å². The van der Waals surface area contributed by atoms with Gasteiger partial charge in [-0.1, -0.05) is 13.0 Å². The number of hydrogen-bond donors (Lipinski definition) is 2. The molecule has 2 N–H and O–H groups in total. The molecule has 0 spiro atoms. The fourth-order valence-electron chi connectivity index (χ4n) is 1.72. The molecular weight excluding hydrogens is 286 g/mol. The average Bonchev–Trinajstić information content (AvgIpc) is 2.45. The molecule has 1 rings (SSSR count). The van der Waals surface area contributed by atoms with Crippen molar-refractivity contribution in [2.45, 2.75) is 27.2 Å². The lowest BCUT2D eigenvalue weighted by Gasteiger charge is -2.12. The molecule has 0 aromatic heterocycles. The zero-order chi connectivity index (χ0) is 16.5. The van der Waals surface area contributed by atoms with Crippen LogP contribution >= 0.6 is 0 Å². The van der Waals surface area contributed by atoms with Crippen LogP contribution in [0.5, 0.6) is 11.5 Å². The molecule has 0 fully saturated rings. The fourth-order valence-corrected chi connectivity index (χ4v) is 1.72. The van der Waals surface area contributed by atoms with Crippen molar-refractivity contribution in [3.8, 4) is 11.5 Å². The molecule has 22 heavy (non-hydrogen) atoms. The van der Waals surface area contributed by atoms with Gasteiger partial charge in [-0.2, -0.15) is 0 Å². The number of aliphatic carboxylic acids is 1. The lowest BCUT2D eigenvalue weighted by Crippen LogP contribution is -2.24. The third-order valence-corrected chi connectivity index (χ3v) is 2.58. The van der Waals surface area contributed by atoms with Crippen molar-refractivity contribution in [3.63, 3.8) is 0 Å². The summed E-state index contributed by atoms with van der Waals surface area (Å²) in [6.07, 6.45) is 2.24. The molecule has 1 aromatic rings. The number of amides is 1. The van der Waals surface area contributed by atoms with Gasteiger partial charge in [0.1, 0.15) is 5.70 Å². The van der Waals surface area contributed by atoms with Gasteiger partial charge in [-0.3, -0.25) is 4.79 Å². The first-order valence-electron chi connectivity index (χ1n) is 7.10. The quantitative estimate of drug-likeness (QED) is 0.721. The van der Waals surface area contributed by atoms with Crippen LogP contribution in [0.2, 0.25) is 0 Å². The van der Waals surface area contributed by atoms with Gasteiger partial charge in [0, 0.05) is 6.92 Å². The summed E-state index contributed by atoms with van der Waals surface area (Å²) in [5.41, 5.74) is 0.399. The Balaban J connectivity index is 3.10. The summed E-state index contributed by atoms with van der Waals surface area (Å²) in [4.78, 5) is 22.1. The minimum absolute atomic E-state index is 0.197. The van der Waals surface area contributed by atoms with E-state index in [1.54, 1.807) is 18.2 Å². The van der Waals surface area contributed by atoms with E-state index in [1.807, 2.05) is 13.8 Å². The van der Waals surface area contributed by atoms with E-state index in [1.165, 1.54) is 13.0 Å². The van der Waals surface area contributed by atoms with Gasteiger partial charge < -0.3 is 19.9 Å². The molecule has 0 radical (unpaired) electrons. The van der Waals surface area contributed by atoms with Gasteiger partial charge >= 0.3 is 5.97 Å². The maximum atomic E-state index is 11.1. The maximum absolute atomic E-state index is 11.1. The Hall–Kier alpha value is -2.50. The number of carboxylic acids is 1. The predicted octanol–water partition coefficient (Wildman–Crippen LogP) is 2.44. The molecule has 0 heterocycles. The first-order valence-corrected chi connectivity index (χ1v) is 7.10. The Morgan fingerprint density at radius 1 is 1.23 bits per heavy atom. The number of rotatable bonds is 8. The monoisotopic (exact) mass is 307 g/mol. The van der Waals surface area contributed by atoms with Crippen molar-refractivity contribution < 1.29 is 24.2 Å². The summed E-state index contributed by atoms with van der Waals surface area (Å²) in [6, 6.07) is 5.11. The molecule has 0 bridgehead atoms. The van der Waals surface area contributed by atoms with Crippen LogP contribution in [-0.2, 0) is 9.59 Å². The van der Waals surface area contributed by atoms with Crippen LogP contribution in [0.25, 0.3) is 6.08 Å². The Morgan fingerprint density at radius 3 is 2.50 bits per heavy atom. The maximum Gasteiger partial charge on any atom is 0.352 e. The highest BCUT2D eigenvalue weighted by atomic mass is 16.5. The Kier molecular flexibility index (Phi) is 6.95. The molecule has 6 nitrogen and oxygen atoms in total. The van der Waals surface area contributed by atoms with Crippen LogP contribution in [0.4, 0.5) is 0 Å². The summed E-state index contributed by atoms with van der Waals surface area (Å²) in [5, 5.41) is 11.4. The molecule has 0 aliphatic carbocycles. The van der Waals surface area contributed by atoms with Crippen LogP contribution in [-0.4, -0.2) is 30.2 Å². The highest BCUT2D eigenvalue weighted by Crippen LogP contribution is 2.29. The number of ether oxygens (including phenoxy) is 2. The smallest absolute Gasteiger partial charge is 0.352 e. The van der Waals surface area contributed by atoms with E-state index in [0.29, 0.717) is 30.3 Å². The predicted molar refractivity (Wildman–Crippen MR) is 82.8 cm³/mol. The van der Waals surface area contributed by atoms with E-state index in [0.717, 1.165) is 6.42 Å². The summed E-state index contributed by atoms with van der Waals surface area (Å²) >= 11 is 0. The van der Waals surface area contributed by atoms with Gasteiger partial charge in [0.2, 0.25) is 5.91 Å². The minimum atomic E-state index is -1.21. The van der Waals surface area contributed by atoms with Gasteiger partial charge in [-0.15, -0.1) is 0 Å². The molecule has 0 aliphatic rings. The van der Waals surface area contributed by atoms with Crippen LogP contribution in [0, 0.1) is 0 Å². The van der Waals surface area contributed by atoms with Crippen LogP contribution in [0.3, 0.4) is 0 Å². The largest absolute Gasteiger partial charge is 0.490 e. The fraction of sp³-hybridized carbons (Fsp3) is 0.375. The third-order valence-electron chi connectivity index (χ3n) is 2.58. The van der Waals surface area contributed by atoms with Gasteiger partial charge in [-0.25, -0.2) is 4.79 Å². The summed E-state index contributed by atoms with van der Waals surface area (Å²) in [6.45, 7) is 6.15. The van der Waals surface area contributed by atoms with E-state index < -0.39 is 11.9 Å². The zero-order valence-electron chi connectivity index (χ0n) is 13.0. The number of carbonyl (C=O) groups excluding carboxylic acids is 1. The number of hydrogen-bond acceptors (Lipinski definition) is 4. The average molecular weight is 307 g/mol. The minimum Gasteiger partial charge on any atom is -0.490 e. The van der Waals surface area contributed by atoms with Crippen LogP contribution in [0.15, 0.2) is 23.9 Å². The lowest BCUT2D eigenvalue weighted by atomic mass is 10.1. The van der Waals surface area contributed by atoms with Gasteiger partial charge in [0.05, 0.1) is 13.2 Å². The summed E-state index contributed by atoms with van der Waals surface area (Å²) < 4.78 is 11.1. The molecule has 0 saturated heterocycles. The van der Waals surface area contributed by atoms with Crippen LogP contribution in [0.1, 0.15) is 32.8 Å². The summed E-state index contributed by atoms with van der Waals surface area (Å²) in [5.74, 6) is -0.504. The first-order chi connectivity index (χ1) is 10.5. The molecule has 0 aliphatic heterocycles. The lowest BCUT2D eigenvalue weighted by molar-refractivity contribution is -0.134. The van der Waals surface area contributed by atoms with E-state index in [9.17, 15) is 9.59 Å². The highest BCUT2D eigenvalue weighted by molar-refractivity contribution is 5.96. The van der Waals surface area contributed by atoms with Gasteiger partial charge in [-0.05, 0) is 37.1 Å². The molecule has 1 amide bonds. The molecule has 0 saturated carbocycles. The Bertz CT molecular complexity index is 566. The molecule has 1 aromatic carbocycles. The Labute approximate surface area is 129 Å². The van der Waals surface area contributed by atoms with Crippen molar-refractivity contribution in [1.29, 1.82) is 0 Å². The normalized spacial score (nSPS) is 11.0. The molecule has 6 heteroatoms. The van der Waals surface area contributed by atoms with Gasteiger partial charge in [0.25, 0.3) is 0 Å². The molecular formula is C16H21NO5. The number of carboxylic acid groups (broad SMARTS) is 1. The topological polar surface area (TPSA) is 84.9 Å². The number of nitrogens with one attached hydrogen (secondary N) is 1. The van der Waals surface area contributed by atoms with Crippen molar-refractivity contribution >= 4 is 18.0 Å². The SMILES string of the molecule is CCCOc1ccc(C=C(NC(C)=O)C(=O)O)cc1OCC. The second-order valence-corrected chi connectivity index (χ2v) is 4.53. The Morgan fingerprint density at radius 2 is 1.95 bits per heavy atom.